The monoisotopic (exact) mass is 422 g/mol. The fourth-order valence-corrected chi connectivity index (χ4v) is 6.29. The third-order valence-electron chi connectivity index (χ3n) is 6.97. The minimum atomic E-state index is 0.171. The van der Waals surface area contributed by atoms with Crippen LogP contribution in [0, 0.1) is 0 Å². The second-order valence-electron chi connectivity index (χ2n) is 8.96. The number of likely N-dealkylation sites (tertiary alicyclic amines) is 1. The highest BCUT2D eigenvalue weighted by Crippen LogP contribution is 2.35. The van der Waals surface area contributed by atoms with Crippen molar-refractivity contribution in [2.24, 2.45) is 0 Å². The van der Waals surface area contributed by atoms with Crippen LogP contribution in [0.15, 0.2) is 29.6 Å². The van der Waals surface area contributed by atoms with Crippen LogP contribution in [-0.2, 0) is 24.1 Å². The van der Waals surface area contributed by atoms with E-state index in [0.29, 0.717) is 12.8 Å². The molecule has 4 nitrogen and oxygen atoms in total. The molecule has 0 spiro atoms. The molecule has 3 heterocycles. The Morgan fingerprint density at radius 2 is 1.87 bits per heavy atom. The topological polar surface area (TPSA) is 40.6 Å². The van der Waals surface area contributed by atoms with Gasteiger partial charge in [-0.3, -0.25) is 9.59 Å². The van der Waals surface area contributed by atoms with Gasteiger partial charge in [0.05, 0.1) is 12.5 Å². The first kappa shape index (κ1) is 20.0. The van der Waals surface area contributed by atoms with Gasteiger partial charge in [0.2, 0.25) is 5.91 Å². The van der Waals surface area contributed by atoms with Crippen LogP contribution >= 0.6 is 11.3 Å². The Kier molecular flexibility index (Phi) is 5.74. The van der Waals surface area contributed by atoms with Crippen LogP contribution in [0.25, 0.3) is 0 Å². The minimum Gasteiger partial charge on any atom is -0.334 e. The van der Waals surface area contributed by atoms with Crippen molar-refractivity contribution >= 4 is 23.0 Å². The maximum atomic E-state index is 13.4. The number of carbonyl (C=O) groups is 2. The van der Waals surface area contributed by atoms with Gasteiger partial charge in [-0.25, -0.2) is 0 Å². The summed E-state index contributed by atoms with van der Waals surface area (Å²) in [6.45, 7) is 4.07. The van der Waals surface area contributed by atoms with Crippen LogP contribution in [0.4, 0.5) is 0 Å². The summed E-state index contributed by atoms with van der Waals surface area (Å²) in [6.07, 6.45) is 7.78. The van der Waals surface area contributed by atoms with E-state index in [1.54, 1.807) is 0 Å². The van der Waals surface area contributed by atoms with E-state index in [-0.39, 0.29) is 17.7 Å². The second-order valence-corrected chi connectivity index (χ2v) is 9.96. The molecule has 0 N–H and O–H groups in total. The Morgan fingerprint density at radius 1 is 1.00 bits per heavy atom. The first-order chi connectivity index (χ1) is 14.7. The van der Waals surface area contributed by atoms with E-state index in [4.69, 9.17) is 0 Å². The van der Waals surface area contributed by atoms with Crippen molar-refractivity contribution in [2.45, 2.75) is 57.4 Å². The molecular formula is C25H30N2O2S. The van der Waals surface area contributed by atoms with Crippen molar-refractivity contribution in [1.29, 1.82) is 0 Å². The summed E-state index contributed by atoms with van der Waals surface area (Å²) in [5.74, 6) is 0.465. The third-order valence-corrected chi connectivity index (χ3v) is 7.97. The molecular weight excluding hydrogens is 392 g/mol. The molecule has 2 aliphatic heterocycles. The van der Waals surface area contributed by atoms with E-state index in [1.165, 1.54) is 29.7 Å². The zero-order valence-corrected chi connectivity index (χ0v) is 18.4. The van der Waals surface area contributed by atoms with Crippen LogP contribution in [0.3, 0.4) is 0 Å². The molecule has 5 heteroatoms. The van der Waals surface area contributed by atoms with E-state index in [1.807, 2.05) is 23.5 Å². The second kappa shape index (κ2) is 8.64. The quantitative estimate of drug-likeness (QED) is 0.732. The van der Waals surface area contributed by atoms with E-state index in [2.05, 4.69) is 27.3 Å². The molecule has 2 aromatic rings. The van der Waals surface area contributed by atoms with Crippen molar-refractivity contribution in [3.8, 4) is 0 Å². The zero-order valence-electron chi connectivity index (χ0n) is 17.6. The number of thiophene rings is 1. The molecule has 1 aliphatic carbocycles. The number of hydrogen-bond donors (Lipinski definition) is 0. The largest absolute Gasteiger partial charge is 0.334 e. The average molecular weight is 423 g/mol. The summed E-state index contributed by atoms with van der Waals surface area (Å²) in [5.41, 5.74) is 4.39. The van der Waals surface area contributed by atoms with Crippen LogP contribution in [0.5, 0.6) is 0 Å². The Hall–Kier alpha value is -1.98. The molecule has 1 unspecified atom stereocenters. The number of ketones is 1. The molecule has 0 radical (unpaired) electrons. The summed E-state index contributed by atoms with van der Waals surface area (Å²) in [7, 11) is 0. The Bertz CT molecular complexity index is 944. The Balaban J connectivity index is 1.35. The number of rotatable bonds is 4. The zero-order chi connectivity index (χ0) is 20.5. The molecule has 30 heavy (non-hydrogen) atoms. The summed E-state index contributed by atoms with van der Waals surface area (Å²) in [6, 6.07) is 8.43. The SMILES string of the molecule is O=C1CCCc2cc(CC(=O)N3CCc4sccc4C3CN3CCCCC3)ccc21. The number of Topliss-reactive ketones (excluding diaryl/α,β-unsaturated/α-hetero) is 1. The van der Waals surface area contributed by atoms with Crippen molar-refractivity contribution in [3.05, 3.63) is 56.8 Å². The molecule has 1 atom stereocenters. The molecule has 158 valence electrons. The van der Waals surface area contributed by atoms with Crippen LogP contribution in [0.1, 0.15) is 70.1 Å². The third kappa shape index (κ3) is 3.97. The fourth-order valence-electron chi connectivity index (χ4n) is 5.36. The normalized spacial score (nSPS) is 21.9. The summed E-state index contributed by atoms with van der Waals surface area (Å²) >= 11 is 1.84. The van der Waals surface area contributed by atoms with Gasteiger partial charge in [-0.15, -0.1) is 11.3 Å². The van der Waals surface area contributed by atoms with E-state index < -0.39 is 0 Å². The molecule has 0 bridgehead atoms. The predicted octanol–water partition coefficient (Wildman–Crippen LogP) is 4.42. The lowest BCUT2D eigenvalue weighted by atomic mass is 9.89. The van der Waals surface area contributed by atoms with Gasteiger partial charge in [0, 0.05) is 30.0 Å². The van der Waals surface area contributed by atoms with Gasteiger partial charge < -0.3 is 9.80 Å². The van der Waals surface area contributed by atoms with E-state index >= 15 is 0 Å². The number of fused-ring (bicyclic) bond motifs is 2. The van der Waals surface area contributed by atoms with Gasteiger partial charge in [0.15, 0.2) is 5.78 Å². The molecule has 1 aromatic heterocycles. The average Bonchev–Trinajstić information content (AvgIpc) is 3.24. The van der Waals surface area contributed by atoms with Gasteiger partial charge >= 0.3 is 0 Å². The number of amides is 1. The van der Waals surface area contributed by atoms with Gasteiger partial charge in [-0.1, -0.05) is 24.6 Å². The van der Waals surface area contributed by atoms with E-state index in [9.17, 15) is 9.59 Å². The van der Waals surface area contributed by atoms with Crippen LogP contribution in [0.2, 0.25) is 0 Å². The molecule has 1 saturated heterocycles. The number of nitrogens with zero attached hydrogens (tertiary/aromatic N) is 2. The summed E-state index contributed by atoms with van der Waals surface area (Å²) in [5, 5.41) is 2.18. The van der Waals surface area contributed by atoms with Crippen molar-refractivity contribution in [3.63, 3.8) is 0 Å². The Labute approximate surface area is 182 Å². The van der Waals surface area contributed by atoms with Crippen molar-refractivity contribution in [1.82, 2.24) is 9.80 Å². The molecule has 3 aliphatic rings. The molecule has 1 fully saturated rings. The number of carbonyl (C=O) groups excluding carboxylic acids is 2. The lowest BCUT2D eigenvalue weighted by Crippen LogP contribution is -2.46. The van der Waals surface area contributed by atoms with Crippen LogP contribution < -0.4 is 0 Å². The van der Waals surface area contributed by atoms with E-state index in [0.717, 1.165) is 62.1 Å². The number of hydrogen-bond acceptors (Lipinski definition) is 4. The van der Waals surface area contributed by atoms with Crippen LogP contribution in [-0.4, -0.2) is 47.7 Å². The molecule has 5 rings (SSSR count). The van der Waals surface area contributed by atoms with Crippen molar-refractivity contribution in [2.75, 3.05) is 26.2 Å². The maximum absolute atomic E-state index is 13.4. The lowest BCUT2D eigenvalue weighted by molar-refractivity contribution is -0.133. The number of benzene rings is 1. The first-order valence-electron chi connectivity index (χ1n) is 11.4. The maximum Gasteiger partial charge on any atom is 0.227 e. The fraction of sp³-hybridized carbons (Fsp3) is 0.520. The number of aryl methyl sites for hydroxylation is 1. The molecule has 0 saturated carbocycles. The highest BCUT2D eigenvalue weighted by atomic mass is 32.1. The summed E-state index contributed by atoms with van der Waals surface area (Å²) in [4.78, 5) is 31.7. The van der Waals surface area contributed by atoms with Gasteiger partial charge in [-0.2, -0.15) is 0 Å². The highest BCUT2D eigenvalue weighted by Gasteiger charge is 2.33. The minimum absolute atomic E-state index is 0.171. The van der Waals surface area contributed by atoms with Gasteiger partial charge in [-0.05, 0) is 73.3 Å². The standard InChI is InChI=1S/C25H30N2O2S/c28-23-6-4-5-19-15-18(7-8-20(19)23)16-25(29)27-13-9-24-21(10-14-30-24)22(27)17-26-11-2-1-3-12-26/h7-8,10,14-15,22H,1-6,9,11-13,16-17H2. The number of piperidine rings is 1. The summed E-state index contributed by atoms with van der Waals surface area (Å²) < 4.78 is 0. The Morgan fingerprint density at radius 3 is 2.73 bits per heavy atom. The molecule has 1 amide bonds. The first-order valence-corrected chi connectivity index (χ1v) is 12.3. The van der Waals surface area contributed by atoms with Gasteiger partial charge in [0.1, 0.15) is 0 Å². The smallest absolute Gasteiger partial charge is 0.227 e. The highest BCUT2D eigenvalue weighted by molar-refractivity contribution is 7.10. The lowest BCUT2D eigenvalue weighted by Gasteiger charge is -2.40. The van der Waals surface area contributed by atoms with Gasteiger partial charge in [0.25, 0.3) is 0 Å². The van der Waals surface area contributed by atoms with Crippen molar-refractivity contribution < 1.29 is 9.59 Å². The molecule has 1 aromatic carbocycles. The predicted molar refractivity (Wildman–Crippen MR) is 120 cm³/mol.